The summed E-state index contributed by atoms with van der Waals surface area (Å²) in [4.78, 5) is 12.5. The number of rotatable bonds is 6. The van der Waals surface area contributed by atoms with Crippen LogP contribution in [0.3, 0.4) is 0 Å². The van der Waals surface area contributed by atoms with Crippen LogP contribution in [-0.4, -0.2) is 36.4 Å². The molecule has 7 nitrogen and oxygen atoms in total. The van der Waals surface area contributed by atoms with Crippen molar-refractivity contribution in [2.75, 3.05) is 7.11 Å². The molecular weight excluding hydrogens is 445 g/mol. The Morgan fingerprint density at radius 3 is 2.44 bits per heavy atom. The molecule has 5 rings (SSSR count). The smallest absolute Gasteiger partial charge is 0.434 e. The van der Waals surface area contributed by atoms with Crippen molar-refractivity contribution in [2.24, 2.45) is 7.05 Å². The Morgan fingerprint density at radius 2 is 1.82 bits per heavy atom. The molecule has 176 valence electrons. The van der Waals surface area contributed by atoms with Crippen molar-refractivity contribution in [1.82, 2.24) is 29.3 Å². The summed E-state index contributed by atoms with van der Waals surface area (Å²) in [6, 6.07) is 9.13. The maximum atomic E-state index is 13.0. The molecule has 1 fully saturated rings. The monoisotopic (exact) mass is 468 g/mol. The molecule has 3 heterocycles. The van der Waals surface area contributed by atoms with Crippen LogP contribution in [0.15, 0.2) is 49.1 Å². The average molecular weight is 468 g/mol. The Kier molecular flexibility index (Phi) is 5.38. The van der Waals surface area contributed by atoms with Crippen LogP contribution in [0.4, 0.5) is 13.2 Å². The number of hydrogen-bond donors (Lipinski definition) is 0. The van der Waals surface area contributed by atoms with Crippen LogP contribution < -0.4 is 4.74 Å². The van der Waals surface area contributed by atoms with E-state index in [1.165, 1.54) is 10.9 Å². The van der Waals surface area contributed by atoms with Crippen LogP contribution in [0.2, 0.25) is 0 Å². The van der Waals surface area contributed by atoms with Gasteiger partial charge < -0.3 is 9.30 Å². The fourth-order valence-corrected chi connectivity index (χ4v) is 4.07. The second-order valence-electron chi connectivity index (χ2n) is 8.45. The van der Waals surface area contributed by atoms with Gasteiger partial charge in [-0.2, -0.15) is 18.3 Å². The van der Waals surface area contributed by atoms with Gasteiger partial charge in [0.2, 0.25) is 5.88 Å². The first kappa shape index (κ1) is 22.1. The Bertz CT molecular complexity index is 1320. The van der Waals surface area contributed by atoms with Gasteiger partial charge in [-0.1, -0.05) is 24.3 Å². The van der Waals surface area contributed by atoms with Gasteiger partial charge in [0.25, 0.3) is 0 Å². The number of halogens is 3. The van der Waals surface area contributed by atoms with E-state index in [1.54, 1.807) is 26.3 Å². The highest BCUT2D eigenvalue weighted by Gasteiger charge is 2.34. The molecule has 34 heavy (non-hydrogen) atoms. The van der Waals surface area contributed by atoms with Gasteiger partial charge in [-0.15, -0.1) is 0 Å². The van der Waals surface area contributed by atoms with E-state index in [2.05, 4.69) is 15.0 Å². The zero-order valence-electron chi connectivity index (χ0n) is 18.9. The average Bonchev–Trinajstić information content (AvgIpc) is 3.42. The van der Waals surface area contributed by atoms with Crippen molar-refractivity contribution in [3.8, 4) is 28.5 Å². The van der Waals surface area contributed by atoms with Gasteiger partial charge >= 0.3 is 6.18 Å². The van der Waals surface area contributed by atoms with E-state index in [1.807, 2.05) is 36.0 Å². The number of benzene rings is 1. The molecule has 4 aromatic rings. The van der Waals surface area contributed by atoms with Crippen LogP contribution in [0.1, 0.15) is 48.7 Å². The first-order valence-corrected chi connectivity index (χ1v) is 10.9. The van der Waals surface area contributed by atoms with Crippen LogP contribution in [-0.2, 0) is 13.2 Å². The fourth-order valence-electron chi connectivity index (χ4n) is 4.07. The minimum absolute atomic E-state index is 0.102. The predicted molar refractivity (Wildman–Crippen MR) is 119 cm³/mol. The molecule has 1 aromatic carbocycles. The molecular formula is C24H23F3N6O. The lowest BCUT2D eigenvalue weighted by atomic mass is 10.1. The van der Waals surface area contributed by atoms with Crippen LogP contribution >= 0.6 is 0 Å². The lowest BCUT2D eigenvalue weighted by Gasteiger charge is -2.14. The molecule has 1 atom stereocenters. The van der Waals surface area contributed by atoms with Crippen molar-refractivity contribution in [3.63, 3.8) is 0 Å². The van der Waals surface area contributed by atoms with E-state index < -0.39 is 11.9 Å². The summed E-state index contributed by atoms with van der Waals surface area (Å²) in [6.07, 6.45) is 2.12. The molecule has 0 amide bonds. The number of alkyl halides is 3. The topological polar surface area (TPSA) is 70.7 Å². The van der Waals surface area contributed by atoms with Crippen LogP contribution in [0, 0.1) is 0 Å². The third-order valence-electron chi connectivity index (χ3n) is 6.08. The molecule has 3 aromatic heterocycles. The van der Waals surface area contributed by atoms with E-state index in [0.29, 0.717) is 17.4 Å². The number of nitrogens with zero attached hydrogens (tertiary/aromatic N) is 6. The molecule has 1 saturated carbocycles. The molecule has 0 spiro atoms. The minimum atomic E-state index is -4.48. The Hall–Kier alpha value is -3.69. The normalized spacial score (nSPS) is 14.9. The van der Waals surface area contributed by atoms with Crippen LogP contribution in [0.25, 0.3) is 22.6 Å². The third kappa shape index (κ3) is 4.04. The number of methoxy groups -OCH3 is 1. The number of aryl methyl sites for hydroxylation is 1. The summed E-state index contributed by atoms with van der Waals surface area (Å²) < 4.78 is 47.7. The van der Waals surface area contributed by atoms with E-state index in [0.717, 1.165) is 41.6 Å². The summed E-state index contributed by atoms with van der Waals surface area (Å²) >= 11 is 0. The number of imidazole rings is 1. The van der Waals surface area contributed by atoms with E-state index in [4.69, 9.17) is 9.84 Å². The largest absolute Gasteiger partial charge is 0.480 e. The van der Waals surface area contributed by atoms with Crippen LogP contribution in [0.5, 0.6) is 5.88 Å². The first-order valence-electron chi connectivity index (χ1n) is 10.9. The van der Waals surface area contributed by atoms with Crippen molar-refractivity contribution in [2.45, 2.75) is 37.9 Å². The zero-order chi connectivity index (χ0) is 24.0. The molecule has 0 unspecified atom stereocenters. The summed E-state index contributed by atoms with van der Waals surface area (Å²) in [7, 11) is 3.14. The number of ether oxygens (including phenoxy) is 1. The quantitative estimate of drug-likeness (QED) is 0.386. The number of aromatic nitrogens is 6. The Labute approximate surface area is 194 Å². The van der Waals surface area contributed by atoms with Crippen molar-refractivity contribution >= 4 is 0 Å². The fraction of sp³-hybridized carbons (Fsp3) is 0.333. The van der Waals surface area contributed by atoms with Gasteiger partial charge in [-0.25, -0.2) is 15.0 Å². The zero-order valence-corrected chi connectivity index (χ0v) is 18.9. The van der Waals surface area contributed by atoms with Gasteiger partial charge in [-0.3, -0.25) is 4.68 Å². The van der Waals surface area contributed by atoms with Gasteiger partial charge in [-0.05, 0) is 31.4 Å². The molecule has 0 N–H and O–H groups in total. The van der Waals surface area contributed by atoms with Gasteiger partial charge in [0.15, 0.2) is 5.69 Å². The third-order valence-corrected chi connectivity index (χ3v) is 6.08. The molecule has 10 heteroatoms. The molecule has 0 aliphatic heterocycles. The Morgan fingerprint density at radius 1 is 1.09 bits per heavy atom. The molecule has 1 aliphatic carbocycles. The molecule has 1 aliphatic rings. The van der Waals surface area contributed by atoms with E-state index in [-0.39, 0.29) is 11.9 Å². The SMILES string of the molecule is COc1ncnc(C2CC2)c1-c1ccn([C@H](C)c2ccc(-c3nc(C(F)(F)F)cn3C)cc2)n1. The Balaban J connectivity index is 1.41. The van der Waals surface area contributed by atoms with E-state index >= 15 is 0 Å². The maximum absolute atomic E-state index is 13.0. The maximum Gasteiger partial charge on any atom is 0.434 e. The highest BCUT2D eigenvalue weighted by Crippen LogP contribution is 2.45. The number of hydrogen-bond acceptors (Lipinski definition) is 5. The van der Waals surface area contributed by atoms with Gasteiger partial charge in [0.1, 0.15) is 12.2 Å². The predicted octanol–water partition coefficient (Wildman–Crippen LogP) is 5.25. The molecule has 0 radical (unpaired) electrons. The standard InChI is InChI=1S/C24H23F3N6O/c1-14(15-4-8-17(9-5-15)22-30-19(12-32(22)2)24(25,26)27)33-11-10-18(31-33)20-21(16-6-7-16)28-13-29-23(20)34-3/h4-5,8-14,16H,6-7H2,1-3H3/t14-/m1/s1. The molecule has 0 saturated heterocycles. The summed E-state index contributed by atoms with van der Waals surface area (Å²) in [5, 5.41) is 4.78. The second-order valence-corrected chi connectivity index (χ2v) is 8.45. The van der Waals surface area contributed by atoms with Crippen molar-refractivity contribution in [3.05, 3.63) is 66.0 Å². The highest BCUT2D eigenvalue weighted by atomic mass is 19.4. The highest BCUT2D eigenvalue weighted by molar-refractivity contribution is 5.68. The lowest BCUT2D eigenvalue weighted by Crippen LogP contribution is -2.08. The van der Waals surface area contributed by atoms with Gasteiger partial charge in [0.05, 0.1) is 30.1 Å². The summed E-state index contributed by atoms with van der Waals surface area (Å²) in [5.41, 5.74) is 3.19. The minimum Gasteiger partial charge on any atom is -0.480 e. The summed E-state index contributed by atoms with van der Waals surface area (Å²) in [6.45, 7) is 2.01. The van der Waals surface area contributed by atoms with Gasteiger partial charge in [0, 0.05) is 30.9 Å². The second kappa shape index (κ2) is 8.27. The summed E-state index contributed by atoms with van der Waals surface area (Å²) in [5.74, 6) is 1.18. The lowest BCUT2D eigenvalue weighted by molar-refractivity contribution is -0.140. The van der Waals surface area contributed by atoms with Crippen molar-refractivity contribution < 1.29 is 17.9 Å². The first-order chi connectivity index (χ1) is 16.3. The van der Waals surface area contributed by atoms with Crippen molar-refractivity contribution in [1.29, 1.82) is 0 Å². The molecule has 0 bridgehead atoms. The van der Waals surface area contributed by atoms with E-state index in [9.17, 15) is 13.2 Å².